The Morgan fingerprint density at radius 3 is 2.71 bits per heavy atom. The van der Waals surface area contributed by atoms with Crippen LogP contribution in [0.5, 0.6) is 17.2 Å². The largest absolute Gasteiger partial charge is 0.504 e. The number of methoxy groups -OCH3 is 1. The third-order valence-electron chi connectivity index (χ3n) is 6.10. The van der Waals surface area contributed by atoms with Crippen LogP contribution < -0.4 is 15.5 Å². The molecule has 4 N–H and O–H groups in total. The van der Waals surface area contributed by atoms with Gasteiger partial charge in [-0.25, -0.2) is 5.01 Å². The van der Waals surface area contributed by atoms with Gasteiger partial charge in [0, 0.05) is 31.2 Å². The normalized spacial score (nSPS) is 15.6. The van der Waals surface area contributed by atoms with Crippen LogP contribution in [0.4, 0.5) is 5.69 Å². The van der Waals surface area contributed by atoms with Crippen molar-refractivity contribution in [1.29, 1.82) is 0 Å². The summed E-state index contributed by atoms with van der Waals surface area (Å²) in [5.74, 6) is 0.888. The predicted molar refractivity (Wildman–Crippen MR) is 126 cm³/mol. The third kappa shape index (κ3) is 6.28. The van der Waals surface area contributed by atoms with Crippen LogP contribution >= 0.6 is 0 Å². The Morgan fingerprint density at radius 2 is 1.90 bits per heavy atom. The molecule has 2 aromatic carbocycles. The van der Waals surface area contributed by atoms with Gasteiger partial charge < -0.3 is 20.3 Å². The Labute approximate surface area is 186 Å². The molecule has 0 fully saturated rings. The minimum Gasteiger partial charge on any atom is -0.504 e. The van der Waals surface area contributed by atoms with Crippen LogP contribution in [-0.4, -0.2) is 48.0 Å². The molecule has 1 atom stereocenters. The maximum Gasteiger partial charge on any atom is 0.160 e. The summed E-state index contributed by atoms with van der Waals surface area (Å²) in [6.45, 7) is 4.86. The van der Waals surface area contributed by atoms with E-state index in [1.54, 1.807) is 13.2 Å². The van der Waals surface area contributed by atoms with Crippen molar-refractivity contribution in [2.75, 3.05) is 32.1 Å². The average molecular weight is 428 g/mol. The molecule has 3 rings (SSSR count). The highest BCUT2D eigenvalue weighted by atomic mass is 16.5. The molecule has 0 heterocycles. The van der Waals surface area contributed by atoms with Crippen molar-refractivity contribution < 1.29 is 14.9 Å². The van der Waals surface area contributed by atoms with Crippen LogP contribution in [0.2, 0.25) is 0 Å². The second kappa shape index (κ2) is 11.8. The summed E-state index contributed by atoms with van der Waals surface area (Å²) < 4.78 is 5.41. The van der Waals surface area contributed by atoms with E-state index in [-0.39, 0.29) is 11.5 Å². The number of hydrogen-bond donors (Lipinski definition) is 4. The Balaban J connectivity index is 1.58. The highest BCUT2D eigenvalue weighted by molar-refractivity contribution is 5.56. The van der Waals surface area contributed by atoms with Crippen molar-refractivity contribution in [3.05, 3.63) is 47.5 Å². The number of anilines is 1. The molecule has 1 unspecified atom stereocenters. The average Bonchev–Trinajstić information content (AvgIpc) is 2.80. The fraction of sp³-hybridized carbons (Fsp3) is 0.520. The Bertz CT molecular complexity index is 828. The van der Waals surface area contributed by atoms with Gasteiger partial charge in [0.15, 0.2) is 11.5 Å². The molecule has 1 aliphatic carbocycles. The molecular formula is C25H37N3O3. The van der Waals surface area contributed by atoms with E-state index in [9.17, 15) is 10.2 Å². The van der Waals surface area contributed by atoms with Gasteiger partial charge in [-0.3, -0.25) is 5.43 Å². The molecular weight excluding hydrogens is 390 g/mol. The molecule has 0 aromatic heterocycles. The number of phenols is 2. The number of phenolic OH excluding ortho intramolecular Hbond substituents is 2. The van der Waals surface area contributed by atoms with Crippen LogP contribution in [0, 0.1) is 0 Å². The van der Waals surface area contributed by atoms with Crippen LogP contribution in [-0.2, 0) is 12.8 Å². The summed E-state index contributed by atoms with van der Waals surface area (Å²) >= 11 is 0. The first-order valence-electron chi connectivity index (χ1n) is 11.5. The van der Waals surface area contributed by atoms with Crippen molar-refractivity contribution in [3.63, 3.8) is 0 Å². The molecule has 0 radical (unpaired) electrons. The van der Waals surface area contributed by atoms with E-state index in [1.807, 2.05) is 30.3 Å². The van der Waals surface area contributed by atoms with Gasteiger partial charge in [-0.05, 0) is 49.4 Å². The van der Waals surface area contributed by atoms with Gasteiger partial charge in [-0.2, -0.15) is 0 Å². The number of nitrogens with zero attached hydrogens (tertiary/aromatic N) is 1. The van der Waals surface area contributed by atoms with Gasteiger partial charge in [0.25, 0.3) is 0 Å². The fourth-order valence-corrected chi connectivity index (χ4v) is 4.36. The quantitative estimate of drug-likeness (QED) is 0.228. The maximum absolute atomic E-state index is 10.2. The van der Waals surface area contributed by atoms with E-state index in [1.165, 1.54) is 25.7 Å². The molecule has 1 aliphatic rings. The molecule has 0 bridgehead atoms. The number of rotatable bonds is 12. The van der Waals surface area contributed by atoms with E-state index in [2.05, 4.69) is 22.7 Å². The summed E-state index contributed by atoms with van der Waals surface area (Å²) in [4.78, 5) is 0. The lowest BCUT2D eigenvalue weighted by Crippen LogP contribution is -2.49. The Kier molecular flexibility index (Phi) is 8.85. The standard InChI is InChI=1S/C25H37N3O3/c1-3-4-5-8-17-28(27-16-15-26-22-9-6-7-10-24(22)31-2)20-12-13-21-19(18-20)11-14-23(29)25(21)30/h6-7,9-11,14,20,26-27,29-30H,3-5,8,12-13,15-18H2,1-2H3. The van der Waals surface area contributed by atoms with Crippen molar-refractivity contribution in [3.8, 4) is 17.2 Å². The second-order valence-electron chi connectivity index (χ2n) is 8.26. The first-order valence-corrected chi connectivity index (χ1v) is 11.5. The minimum absolute atomic E-state index is 0.0193. The number of fused-ring (bicyclic) bond motifs is 1. The molecule has 0 amide bonds. The highest BCUT2D eigenvalue weighted by Crippen LogP contribution is 2.36. The van der Waals surface area contributed by atoms with E-state index in [0.717, 1.165) is 61.5 Å². The summed E-state index contributed by atoms with van der Waals surface area (Å²) in [5, 5.41) is 25.8. The molecule has 6 nitrogen and oxygen atoms in total. The first kappa shape index (κ1) is 23.2. The smallest absolute Gasteiger partial charge is 0.160 e. The lowest BCUT2D eigenvalue weighted by molar-refractivity contribution is 0.111. The zero-order chi connectivity index (χ0) is 22.1. The Morgan fingerprint density at radius 1 is 1.06 bits per heavy atom. The fourth-order valence-electron chi connectivity index (χ4n) is 4.36. The SMILES string of the molecule is CCCCCCN(NCCNc1ccccc1OC)C1CCc2c(ccc(O)c2O)C1. The number of hydrazine groups is 1. The van der Waals surface area contributed by atoms with Gasteiger partial charge in [0.1, 0.15) is 5.75 Å². The van der Waals surface area contributed by atoms with Gasteiger partial charge in [0.2, 0.25) is 0 Å². The number of para-hydroxylation sites is 2. The minimum atomic E-state index is -0.0193. The van der Waals surface area contributed by atoms with Crippen LogP contribution in [0.25, 0.3) is 0 Å². The van der Waals surface area contributed by atoms with Gasteiger partial charge >= 0.3 is 0 Å². The molecule has 6 heteroatoms. The highest BCUT2D eigenvalue weighted by Gasteiger charge is 2.26. The molecule has 31 heavy (non-hydrogen) atoms. The second-order valence-corrected chi connectivity index (χ2v) is 8.26. The number of ether oxygens (including phenoxy) is 1. The molecule has 2 aromatic rings. The van der Waals surface area contributed by atoms with E-state index in [4.69, 9.17) is 4.74 Å². The summed E-state index contributed by atoms with van der Waals surface area (Å²) in [6, 6.07) is 11.9. The number of nitrogens with one attached hydrogen (secondary N) is 2. The van der Waals surface area contributed by atoms with Gasteiger partial charge in [0.05, 0.1) is 12.8 Å². The van der Waals surface area contributed by atoms with Gasteiger partial charge in [-0.15, -0.1) is 0 Å². The summed E-state index contributed by atoms with van der Waals surface area (Å²) in [6.07, 6.45) is 7.54. The molecule has 0 spiro atoms. The predicted octanol–water partition coefficient (Wildman–Crippen LogP) is 4.46. The number of aromatic hydroxyl groups is 2. The summed E-state index contributed by atoms with van der Waals surface area (Å²) in [7, 11) is 1.69. The molecule has 170 valence electrons. The topological polar surface area (TPSA) is 77.0 Å². The van der Waals surface area contributed by atoms with Crippen molar-refractivity contribution in [1.82, 2.24) is 10.4 Å². The zero-order valence-corrected chi connectivity index (χ0v) is 18.9. The lowest BCUT2D eigenvalue weighted by atomic mass is 9.87. The number of unbranched alkanes of at least 4 members (excludes halogenated alkanes) is 3. The maximum atomic E-state index is 10.2. The van der Waals surface area contributed by atoms with Crippen LogP contribution in [0.15, 0.2) is 36.4 Å². The monoisotopic (exact) mass is 427 g/mol. The van der Waals surface area contributed by atoms with Crippen molar-refractivity contribution in [2.24, 2.45) is 0 Å². The number of hydrogen-bond acceptors (Lipinski definition) is 6. The zero-order valence-electron chi connectivity index (χ0n) is 18.9. The molecule has 0 aliphatic heterocycles. The lowest BCUT2D eigenvalue weighted by Gasteiger charge is -2.36. The van der Waals surface area contributed by atoms with Gasteiger partial charge in [-0.1, -0.05) is 44.4 Å². The van der Waals surface area contributed by atoms with E-state index < -0.39 is 0 Å². The van der Waals surface area contributed by atoms with Crippen LogP contribution in [0.1, 0.15) is 50.2 Å². The van der Waals surface area contributed by atoms with Crippen molar-refractivity contribution in [2.45, 2.75) is 57.9 Å². The first-order chi connectivity index (χ1) is 15.1. The van der Waals surface area contributed by atoms with Crippen LogP contribution in [0.3, 0.4) is 0 Å². The van der Waals surface area contributed by atoms with E-state index >= 15 is 0 Å². The Hall–Kier alpha value is -2.44. The third-order valence-corrected chi connectivity index (χ3v) is 6.10. The summed E-state index contributed by atoms with van der Waals surface area (Å²) in [5.41, 5.74) is 6.69. The molecule has 0 saturated carbocycles. The van der Waals surface area contributed by atoms with E-state index in [0.29, 0.717) is 6.04 Å². The van der Waals surface area contributed by atoms with Crippen molar-refractivity contribution >= 4 is 5.69 Å². The molecule has 0 saturated heterocycles. The number of benzene rings is 2.